The third-order valence-corrected chi connectivity index (χ3v) is 5.09. The number of carbonyl (C=O) groups is 2. The molecule has 1 aromatic heterocycles. The number of fused-ring (bicyclic) bond motifs is 1. The van der Waals surface area contributed by atoms with Gasteiger partial charge in [-0.25, -0.2) is 0 Å². The summed E-state index contributed by atoms with van der Waals surface area (Å²) in [5.74, 6) is -0.00828. The summed E-state index contributed by atoms with van der Waals surface area (Å²) in [4.78, 5) is 30.1. The maximum absolute atomic E-state index is 12.4. The quantitative estimate of drug-likeness (QED) is 0.905. The summed E-state index contributed by atoms with van der Waals surface area (Å²) in [5.41, 5.74) is 1.97. The van der Waals surface area contributed by atoms with E-state index >= 15 is 0 Å². The highest BCUT2D eigenvalue weighted by atomic mass is 32.1. The van der Waals surface area contributed by atoms with Gasteiger partial charge in [0.25, 0.3) is 5.91 Å². The molecule has 0 aliphatic carbocycles. The summed E-state index contributed by atoms with van der Waals surface area (Å²) in [6, 6.07) is 11.7. The van der Waals surface area contributed by atoms with E-state index in [9.17, 15) is 9.59 Å². The van der Waals surface area contributed by atoms with Crippen LogP contribution >= 0.6 is 11.3 Å². The predicted molar refractivity (Wildman–Crippen MR) is 96.5 cm³/mol. The van der Waals surface area contributed by atoms with Crippen LogP contribution < -0.4 is 10.2 Å². The molecule has 0 fully saturated rings. The molecule has 0 unspecified atom stereocenters. The van der Waals surface area contributed by atoms with Crippen LogP contribution in [0, 0.1) is 0 Å². The van der Waals surface area contributed by atoms with Crippen LogP contribution in [0.3, 0.4) is 0 Å². The molecule has 0 radical (unpaired) electrons. The van der Waals surface area contributed by atoms with Crippen molar-refractivity contribution in [1.82, 2.24) is 10.2 Å². The number of carbonyl (C=O) groups excluding carboxylic acids is 2. The summed E-state index contributed by atoms with van der Waals surface area (Å²) in [5, 5.41) is 2.94. The molecule has 126 valence electrons. The third kappa shape index (κ3) is 3.66. The van der Waals surface area contributed by atoms with Crippen LogP contribution in [0.2, 0.25) is 0 Å². The van der Waals surface area contributed by atoms with Gasteiger partial charge in [-0.15, -0.1) is 11.3 Å². The van der Waals surface area contributed by atoms with Crippen LogP contribution in [0.25, 0.3) is 0 Å². The van der Waals surface area contributed by atoms with Crippen LogP contribution in [0.5, 0.6) is 0 Å². The monoisotopic (exact) mass is 343 g/mol. The van der Waals surface area contributed by atoms with E-state index < -0.39 is 0 Å². The lowest BCUT2D eigenvalue weighted by Gasteiger charge is -2.18. The first-order chi connectivity index (χ1) is 11.5. The second-order valence-corrected chi connectivity index (χ2v) is 7.26. The lowest BCUT2D eigenvalue weighted by molar-refractivity contribution is -0.119. The van der Waals surface area contributed by atoms with Crippen LogP contribution in [0.15, 0.2) is 36.4 Å². The topological polar surface area (TPSA) is 52.7 Å². The molecule has 6 heteroatoms. The predicted octanol–water partition coefficient (Wildman–Crippen LogP) is 2.13. The summed E-state index contributed by atoms with van der Waals surface area (Å²) in [7, 11) is 3.76. The Hall–Kier alpha value is -2.18. The SMILES string of the molecule is CN(C)CC(=O)N1CCc2sc(C(=O)NCc3ccccc3)cc21. The molecule has 1 N–H and O–H groups in total. The smallest absolute Gasteiger partial charge is 0.261 e. The van der Waals surface area contributed by atoms with E-state index in [1.54, 1.807) is 4.90 Å². The molecule has 24 heavy (non-hydrogen) atoms. The molecule has 0 saturated carbocycles. The zero-order chi connectivity index (χ0) is 17.1. The number of nitrogens with one attached hydrogen (secondary N) is 1. The van der Waals surface area contributed by atoms with Gasteiger partial charge in [0.1, 0.15) is 0 Å². The van der Waals surface area contributed by atoms with Crippen LogP contribution in [0.4, 0.5) is 5.69 Å². The van der Waals surface area contributed by atoms with Gasteiger partial charge in [0.15, 0.2) is 0 Å². The van der Waals surface area contributed by atoms with Gasteiger partial charge in [-0.3, -0.25) is 9.59 Å². The van der Waals surface area contributed by atoms with Gasteiger partial charge in [0.05, 0.1) is 17.1 Å². The lowest BCUT2D eigenvalue weighted by atomic mass is 10.2. The number of likely N-dealkylation sites (N-methyl/N-ethyl adjacent to an activating group) is 1. The van der Waals surface area contributed by atoms with Gasteiger partial charge in [0, 0.05) is 24.4 Å². The lowest BCUT2D eigenvalue weighted by Crippen LogP contribution is -2.36. The minimum absolute atomic E-state index is 0.0767. The fourth-order valence-corrected chi connectivity index (χ4v) is 3.82. The number of amides is 2. The minimum Gasteiger partial charge on any atom is -0.347 e. The van der Waals surface area contributed by atoms with Crippen molar-refractivity contribution in [1.29, 1.82) is 0 Å². The Morgan fingerprint density at radius 3 is 2.71 bits per heavy atom. The Labute approximate surface area is 145 Å². The maximum Gasteiger partial charge on any atom is 0.261 e. The van der Waals surface area contributed by atoms with Crippen LogP contribution in [0.1, 0.15) is 20.1 Å². The normalized spacial score (nSPS) is 13.2. The first kappa shape index (κ1) is 16.7. The molecule has 3 rings (SSSR count). The van der Waals surface area contributed by atoms with E-state index in [1.807, 2.05) is 55.4 Å². The van der Waals surface area contributed by atoms with Gasteiger partial charge < -0.3 is 15.1 Å². The molecule has 0 spiro atoms. The van der Waals surface area contributed by atoms with Crippen molar-refractivity contribution >= 4 is 28.8 Å². The zero-order valence-corrected chi connectivity index (χ0v) is 14.7. The number of benzene rings is 1. The molecule has 2 amide bonds. The Morgan fingerprint density at radius 1 is 1.25 bits per heavy atom. The van der Waals surface area contributed by atoms with Crippen molar-refractivity contribution in [3.63, 3.8) is 0 Å². The number of thiophene rings is 1. The zero-order valence-electron chi connectivity index (χ0n) is 13.9. The van der Waals surface area contributed by atoms with Crippen molar-refractivity contribution in [2.75, 3.05) is 32.1 Å². The van der Waals surface area contributed by atoms with Crippen LogP contribution in [-0.2, 0) is 17.8 Å². The molecule has 1 aliphatic heterocycles. The van der Waals surface area contributed by atoms with E-state index in [0.717, 1.165) is 22.5 Å². The van der Waals surface area contributed by atoms with Gasteiger partial charge in [0.2, 0.25) is 5.91 Å². The highest BCUT2D eigenvalue weighted by molar-refractivity contribution is 7.14. The molecule has 0 saturated heterocycles. The molecular formula is C18H21N3O2S. The summed E-state index contributed by atoms with van der Waals surface area (Å²) in [6.45, 7) is 1.59. The molecule has 2 aromatic rings. The summed E-state index contributed by atoms with van der Waals surface area (Å²) >= 11 is 1.49. The number of rotatable bonds is 5. The van der Waals surface area contributed by atoms with Crippen molar-refractivity contribution in [2.24, 2.45) is 0 Å². The number of hydrogen-bond acceptors (Lipinski definition) is 4. The van der Waals surface area contributed by atoms with E-state index in [0.29, 0.717) is 24.5 Å². The number of hydrogen-bond donors (Lipinski definition) is 1. The fourth-order valence-electron chi connectivity index (χ4n) is 2.75. The second-order valence-electron chi connectivity index (χ2n) is 6.12. The molecule has 5 nitrogen and oxygen atoms in total. The van der Waals surface area contributed by atoms with E-state index in [1.165, 1.54) is 11.3 Å². The van der Waals surface area contributed by atoms with Crippen molar-refractivity contribution < 1.29 is 9.59 Å². The summed E-state index contributed by atoms with van der Waals surface area (Å²) < 4.78 is 0. The average Bonchev–Trinajstić information content (AvgIpc) is 3.13. The van der Waals surface area contributed by atoms with Gasteiger partial charge >= 0.3 is 0 Å². The Balaban J connectivity index is 1.66. The highest BCUT2D eigenvalue weighted by Crippen LogP contribution is 2.36. The Kier molecular flexibility index (Phi) is 4.97. The highest BCUT2D eigenvalue weighted by Gasteiger charge is 2.28. The van der Waals surface area contributed by atoms with Crippen LogP contribution in [-0.4, -0.2) is 43.9 Å². The van der Waals surface area contributed by atoms with E-state index in [2.05, 4.69) is 5.32 Å². The largest absolute Gasteiger partial charge is 0.347 e. The van der Waals surface area contributed by atoms with Gasteiger partial charge in [-0.05, 0) is 25.7 Å². The van der Waals surface area contributed by atoms with E-state index in [-0.39, 0.29) is 11.8 Å². The second kappa shape index (κ2) is 7.15. The first-order valence-electron chi connectivity index (χ1n) is 7.94. The fraction of sp³-hybridized carbons (Fsp3) is 0.333. The Morgan fingerprint density at radius 2 is 2.00 bits per heavy atom. The maximum atomic E-state index is 12.4. The van der Waals surface area contributed by atoms with Crippen molar-refractivity contribution in [3.05, 3.63) is 51.7 Å². The van der Waals surface area contributed by atoms with Crippen molar-refractivity contribution in [3.8, 4) is 0 Å². The third-order valence-electron chi connectivity index (χ3n) is 3.91. The number of nitrogens with zero attached hydrogens (tertiary/aromatic N) is 2. The van der Waals surface area contributed by atoms with Crippen molar-refractivity contribution in [2.45, 2.75) is 13.0 Å². The minimum atomic E-state index is -0.0849. The molecule has 2 heterocycles. The summed E-state index contributed by atoms with van der Waals surface area (Å²) in [6.07, 6.45) is 0.825. The van der Waals surface area contributed by atoms with Gasteiger partial charge in [-0.2, -0.15) is 0 Å². The molecule has 0 atom stereocenters. The Bertz CT molecular complexity index is 740. The van der Waals surface area contributed by atoms with E-state index in [4.69, 9.17) is 0 Å². The number of anilines is 1. The molecule has 0 bridgehead atoms. The first-order valence-corrected chi connectivity index (χ1v) is 8.76. The van der Waals surface area contributed by atoms with Gasteiger partial charge in [-0.1, -0.05) is 30.3 Å². The molecule has 1 aliphatic rings. The standard InChI is InChI=1S/C18H21N3O2S/c1-20(2)12-17(22)21-9-8-15-14(21)10-16(24-15)18(23)19-11-13-6-4-3-5-7-13/h3-7,10H,8-9,11-12H2,1-2H3,(H,19,23). The molecule has 1 aromatic carbocycles. The molecular weight excluding hydrogens is 322 g/mol. The average molecular weight is 343 g/mol.